The molecule has 2 aromatic carbocycles. The lowest BCUT2D eigenvalue weighted by molar-refractivity contribution is 0.0996. The fraction of sp³-hybridized carbons (Fsp3) is 0.250. The molecule has 1 saturated carbocycles. The summed E-state index contributed by atoms with van der Waals surface area (Å²) in [6, 6.07) is 18.0. The Bertz CT molecular complexity index is 1030. The molecule has 0 unspecified atom stereocenters. The highest BCUT2D eigenvalue weighted by atomic mass is 16.5. The Kier molecular flexibility index (Phi) is 6.52. The van der Waals surface area contributed by atoms with Crippen LogP contribution in [0.3, 0.4) is 0 Å². The van der Waals surface area contributed by atoms with E-state index >= 15 is 0 Å². The Labute approximate surface area is 180 Å². The first kappa shape index (κ1) is 20.5. The van der Waals surface area contributed by atoms with Gasteiger partial charge in [-0.25, -0.2) is 4.79 Å². The highest BCUT2D eigenvalue weighted by Crippen LogP contribution is 2.27. The van der Waals surface area contributed by atoms with Gasteiger partial charge in [0.05, 0.1) is 12.4 Å². The molecule has 7 heteroatoms. The maximum Gasteiger partial charge on any atom is 0.315 e. The van der Waals surface area contributed by atoms with Crippen molar-refractivity contribution in [3.05, 3.63) is 83.8 Å². The first-order valence-electron chi connectivity index (χ1n) is 10.4. The van der Waals surface area contributed by atoms with Gasteiger partial charge in [-0.1, -0.05) is 30.3 Å². The van der Waals surface area contributed by atoms with Crippen molar-refractivity contribution in [3.8, 4) is 5.75 Å². The molecule has 0 saturated heterocycles. The molecular weight excluding hydrogens is 394 g/mol. The van der Waals surface area contributed by atoms with E-state index in [1.54, 1.807) is 18.2 Å². The van der Waals surface area contributed by atoms with Crippen molar-refractivity contribution in [1.29, 1.82) is 0 Å². The van der Waals surface area contributed by atoms with Crippen LogP contribution in [-0.4, -0.2) is 18.0 Å². The first-order chi connectivity index (χ1) is 15.2. The Morgan fingerprint density at radius 3 is 2.58 bits per heavy atom. The van der Waals surface area contributed by atoms with Gasteiger partial charge in [0.15, 0.2) is 5.76 Å². The van der Waals surface area contributed by atoms with E-state index in [0.29, 0.717) is 18.8 Å². The molecule has 1 aliphatic rings. The van der Waals surface area contributed by atoms with Crippen LogP contribution < -0.4 is 20.7 Å². The number of benzene rings is 2. The maximum atomic E-state index is 12.3. The monoisotopic (exact) mass is 419 g/mol. The minimum absolute atomic E-state index is 0.240. The van der Waals surface area contributed by atoms with Gasteiger partial charge >= 0.3 is 6.03 Å². The van der Waals surface area contributed by atoms with Crippen LogP contribution in [0, 0.1) is 0 Å². The fourth-order valence-corrected chi connectivity index (χ4v) is 3.21. The minimum Gasteiger partial charge on any atom is -0.490 e. The third-order valence-corrected chi connectivity index (χ3v) is 5.14. The Balaban J connectivity index is 1.26. The van der Waals surface area contributed by atoms with Crippen LogP contribution in [0.4, 0.5) is 10.5 Å². The molecule has 3 amide bonds. The Morgan fingerprint density at radius 2 is 1.81 bits per heavy atom. The summed E-state index contributed by atoms with van der Waals surface area (Å²) in [6.45, 7) is 0.713. The minimum atomic E-state index is -0.323. The largest absolute Gasteiger partial charge is 0.490 e. The molecule has 1 aromatic heterocycles. The average Bonchev–Trinajstić information content (AvgIpc) is 3.29. The highest BCUT2D eigenvalue weighted by Gasteiger charge is 2.20. The SMILES string of the molecule is O=C(NCc1cccc(NC(=O)c2ccco2)c1)NCc1ccccc1OC1CCC1. The van der Waals surface area contributed by atoms with E-state index in [0.717, 1.165) is 29.7 Å². The quantitative estimate of drug-likeness (QED) is 0.503. The Hall–Kier alpha value is -3.74. The zero-order valence-corrected chi connectivity index (χ0v) is 17.1. The second-order valence-electron chi connectivity index (χ2n) is 7.45. The maximum absolute atomic E-state index is 12.3. The van der Waals surface area contributed by atoms with E-state index in [9.17, 15) is 9.59 Å². The molecule has 4 rings (SSSR count). The highest BCUT2D eigenvalue weighted by molar-refractivity contribution is 6.02. The molecule has 0 radical (unpaired) electrons. The van der Waals surface area contributed by atoms with E-state index in [1.807, 2.05) is 42.5 Å². The molecular formula is C24H25N3O4. The first-order valence-corrected chi connectivity index (χ1v) is 10.4. The van der Waals surface area contributed by atoms with Gasteiger partial charge in [-0.15, -0.1) is 0 Å². The number of furan rings is 1. The predicted molar refractivity (Wildman–Crippen MR) is 117 cm³/mol. The van der Waals surface area contributed by atoms with Crippen LogP contribution in [0.25, 0.3) is 0 Å². The molecule has 31 heavy (non-hydrogen) atoms. The molecule has 7 nitrogen and oxygen atoms in total. The average molecular weight is 419 g/mol. The van der Waals surface area contributed by atoms with Gasteiger partial charge in [0.2, 0.25) is 0 Å². The van der Waals surface area contributed by atoms with Crippen LogP contribution in [0.15, 0.2) is 71.3 Å². The van der Waals surface area contributed by atoms with E-state index < -0.39 is 0 Å². The summed E-state index contributed by atoms with van der Waals surface area (Å²) in [6.07, 6.45) is 5.12. The normalized spacial score (nSPS) is 13.2. The van der Waals surface area contributed by atoms with E-state index in [2.05, 4.69) is 16.0 Å². The number of amides is 3. The molecule has 3 N–H and O–H groups in total. The summed E-state index contributed by atoms with van der Waals surface area (Å²) in [5.74, 6) is 0.743. The van der Waals surface area contributed by atoms with Crippen LogP contribution in [0.2, 0.25) is 0 Å². The van der Waals surface area contributed by atoms with Gasteiger partial charge in [-0.2, -0.15) is 0 Å². The number of carbonyl (C=O) groups is 2. The second-order valence-corrected chi connectivity index (χ2v) is 7.45. The molecule has 0 atom stereocenters. The van der Waals surface area contributed by atoms with Crippen LogP contribution in [0.1, 0.15) is 40.9 Å². The standard InChI is InChI=1S/C24H25N3O4/c28-23(22-12-5-13-30-22)27-19-8-3-6-17(14-19)15-25-24(29)26-16-18-7-1-2-11-21(18)31-20-9-4-10-20/h1-3,5-8,11-14,20H,4,9-10,15-16H2,(H,27,28)(H2,25,26,29). The van der Waals surface area contributed by atoms with E-state index in [-0.39, 0.29) is 23.8 Å². The summed E-state index contributed by atoms with van der Waals surface area (Å²) in [7, 11) is 0. The van der Waals surface area contributed by atoms with Crippen molar-refractivity contribution < 1.29 is 18.7 Å². The number of hydrogen-bond donors (Lipinski definition) is 3. The lowest BCUT2D eigenvalue weighted by Crippen LogP contribution is -2.34. The molecule has 0 bridgehead atoms. The Morgan fingerprint density at radius 1 is 0.968 bits per heavy atom. The van der Waals surface area contributed by atoms with Crippen LogP contribution in [0.5, 0.6) is 5.75 Å². The summed E-state index contributed by atoms with van der Waals surface area (Å²) in [5, 5.41) is 8.49. The molecule has 160 valence electrons. The van der Waals surface area contributed by atoms with Gasteiger partial charge < -0.3 is 25.1 Å². The van der Waals surface area contributed by atoms with E-state index in [4.69, 9.17) is 9.15 Å². The van der Waals surface area contributed by atoms with Gasteiger partial charge in [0, 0.05) is 24.3 Å². The van der Waals surface area contributed by atoms with Gasteiger partial charge in [0.25, 0.3) is 5.91 Å². The van der Waals surface area contributed by atoms with Crippen molar-refractivity contribution in [2.24, 2.45) is 0 Å². The van der Waals surface area contributed by atoms with Crippen LogP contribution >= 0.6 is 0 Å². The topological polar surface area (TPSA) is 92.6 Å². The number of carbonyl (C=O) groups excluding carboxylic acids is 2. The lowest BCUT2D eigenvalue weighted by Gasteiger charge is -2.27. The zero-order chi connectivity index (χ0) is 21.5. The zero-order valence-electron chi connectivity index (χ0n) is 17.1. The third kappa shape index (κ3) is 5.66. The van der Waals surface area contributed by atoms with Crippen molar-refractivity contribution in [2.45, 2.75) is 38.5 Å². The van der Waals surface area contributed by atoms with Crippen molar-refractivity contribution in [2.75, 3.05) is 5.32 Å². The van der Waals surface area contributed by atoms with Gasteiger partial charge in [-0.3, -0.25) is 4.79 Å². The number of rotatable bonds is 8. The van der Waals surface area contributed by atoms with Crippen molar-refractivity contribution in [3.63, 3.8) is 0 Å². The number of urea groups is 1. The summed E-state index contributed by atoms with van der Waals surface area (Å²) >= 11 is 0. The number of anilines is 1. The van der Waals surface area contributed by atoms with Crippen molar-refractivity contribution >= 4 is 17.6 Å². The number of para-hydroxylation sites is 1. The number of ether oxygens (including phenoxy) is 1. The van der Waals surface area contributed by atoms with E-state index in [1.165, 1.54) is 12.7 Å². The smallest absolute Gasteiger partial charge is 0.315 e. The van der Waals surface area contributed by atoms with Crippen molar-refractivity contribution in [1.82, 2.24) is 10.6 Å². The predicted octanol–water partition coefficient (Wildman–Crippen LogP) is 4.46. The summed E-state index contributed by atoms with van der Waals surface area (Å²) in [5.41, 5.74) is 2.44. The van der Waals surface area contributed by atoms with Gasteiger partial charge in [0.1, 0.15) is 5.75 Å². The molecule has 1 fully saturated rings. The summed E-state index contributed by atoms with van der Waals surface area (Å²) < 4.78 is 11.1. The fourth-order valence-electron chi connectivity index (χ4n) is 3.21. The molecule has 3 aromatic rings. The second kappa shape index (κ2) is 9.84. The summed E-state index contributed by atoms with van der Waals surface area (Å²) in [4.78, 5) is 24.4. The molecule has 1 heterocycles. The van der Waals surface area contributed by atoms with Gasteiger partial charge in [-0.05, 0) is 55.2 Å². The van der Waals surface area contributed by atoms with Crippen LogP contribution in [-0.2, 0) is 13.1 Å². The molecule has 0 spiro atoms. The third-order valence-electron chi connectivity index (χ3n) is 5.14. The number of nitrogens with one attached hydrogen (secondary N) is 3. The lowest BCUT2D eigenvalue weighted by atomic mass is 9.96. The number of hydrogen-bond acceptors (Lipinski definition) is 4. The molecule has 1 aliphatic carbocycles. The molecule has 0 aliphatic heterocycles.